The smallest absolute Gasteiger partial charge is 0.200 e. The van der Waals surface area contributed by atoms with Gasteiger partial charge < -0.3 is 5.32 Å². The minimum atomic E-state index is -0.576. The van der Waals surface area contributed by atoms with E-state index in [0.717, 1.165) is 6.07 Å². The van der Waals surface area contributed by atoms with Crippen LogP contribution in [0.1, 0.15) is 5.56 Å². The van der Waals surface area contributed by atoms with Crippen molar-refractivity contribution in [2.45, 2.75) is 6.42 Å². The van der Waals surface area contributed by atoms with Crippen LogP contribution in [0.15, 0.2) is 30.3 Å². The molecular formula is C12H10F2N6. The van der Waals surface area contributed by atoms with Gasteiger partial charge in [0.05, 0.1) is 0 Å². The van der Waals surface area contributed by atoms with Gasteiger partial charge in [0.1, 0.15) is 17.5 Å². The Morgan fingerprint density at radius 1 is 1.10 bits per heavy atom. The Hall–Kier alpha value is -2.64. The van der Waals surface area contributed by atoms with Gasteiger partial charge >= 0.3 is 0 Å². The van der Waals surface area contributed by atoms with E-state index in [1.54, 1.807) is 12.1 Å². The number of aromatic nitrogens is 5. The number of hydrogen-bond donors (Lipinski definition) is 1. The molecule has 0 atom stereocenters. The van der Waals surface area contributed by atoms with Gasteiger partial charge in [-0.15, -0.1) is 14.8 Å². The highest BCUT2D eigenvalue weighted by molar-refractivity contribution is 5.42. The van der Waals surface area contributed by atoms with Crippen molar-refractivity contribution in [3.05, 3.63) is 47.5 Å². The molecule has 0 unspecified atom stereocenters. The minimum absolute atomic E-state index is 0.476. The summed E-state index contributed by atoms with van der Waals surface area (Å²) in [7, 11) is 0. The Balaban J connectivity index is 1.64. The summed E-state index contributed by atoms with van der Waals surface area (Å²) < 4.78 is 27.3. The highest BCUT2D eigenvalue weighted by atomic mass is 19.1. The van der Waals surface area contributed by atoms with Crippen molar-refractivity contribution in [1.82, 2.24) is 25.3 Å². The molecule has 0 fully saturated rings. The van der Waals surface area contributed by atoms with Crippen molar-refractivity contribution in [2.24, 2.45) is 0 Å². The molecule has 0 amide bonds. The van der Waals surface area contributed by atoms with Gasteiger partial charge in [-0.2, -0.15) is 0 Å². The number of hydrogen-bond acceptors (Lipinski definition) is 5. The number of anilines is 1. The van der Waals surface area contributed by atoms with Crippen molar-refractivity contribution in [3.63, 3.8) is 0 Å². The van der Waals surface area contributed by atoms with Crippen molar-refractivity contribution in [3.8, 4) is 0 Å². The Labute approximate surface area is 112 Å². The van der Waals surface area contributed by atoms with E-state index >= 15 is 0 Å². The standard InChI is InChI=1S/C12H10F2N6/c13-9-5-8(6-10(14)7-9)3-4-15-11-1-2-12-16-18-19-20(12)17-11/h1-2,5-7H,3-4H2,(H,15,17). The van der Waals surface area contributed by atoms with Crippen molar-refractivity contribution in [2.75, 3.05) is 11.9 Å². The number of benzene rings is 1. The molecule has 0 spiro atoms. The van der Waals surface area contributed by atoms with Crippen LogP contribution in [0.4, 0.5) is 14.6 Å². The highest BCUT2D eigenvalue weighted by Crippen LogP contribution is 2.09. The molecule has 0 aliphatic carbocycles. The van der Waals surface area contributed by atoms with Crippen LogP contribution >= 0.6 is 0 Å². The molecule has 1 aromatic carbocycles. The monoisotopic (exact) mass is 276 g/mol. The zero-order valence-electron chi connectivity index (χ0n) is 10.3. The van der Waals surface area contributed by atoms with E-state index in [1.807, 2.05) is 0 Å². The second-order valence-corrected chi connectivity index (χ2v) is 4.20. The molecule has 0 saturated heterocycles. The molecule has 2 aromatic heterocycles. The second-order valence-electron chi connectivity index (χ2n) is 4.20. The number of tetrazole rings is 1. The molecule has 3 aromatic rings. The average Bonchev–Trinajstić information content (AvgIpc) is 2.85. The lowest BCUT2D eigenvalue weighted by Gasteiger charge is -2.05. The lowest BCUT2D eigenvalue weighted by molar-refractivity contribution is 0.580. The van der Waals surface area contributed by atoms with Crippen LogP contribution < -0.4 is 5.32 Å². The summed E-state index contributed by atoms with van der Waals surface area (Å²) in [4.78, 5) is 0. The maximum atomic E-state index is 13.0. The molecule has 8 heteroatoms. The third-order valence-electron chi connectivity index (χ3n) is 2.71. The molecule has 0 saturated carbocycles. The van der Waals surface area contributed by atoms with Gasteiger partial charge in [-0.1, -0.05) is 0 Å². The second kappa shape index (κ2) is 5.16. The van der Waals surface area contributed by atoms with Crippen molar-refractivity contribution >= 4 is 11.5 Å². The fourth-order valence-electron chi connectivity index (χ4n) is 1.83. The first kappa shape index (κ1) is 12.4. The van der Waals surface area contributed by atoms with Crippen LogP contribution in [0.5, 0.6) is 0 Å². The third kappa shape index (κ3) is 2.68. The van der Waals surface area contributed by atoms with E-state index in [-0.39, 0.29) is 0 Å². The molecule has 0 radical (unpaired) electrons. The molecule has 20 heavy (non-hydrogen) atoms. The topological polar surface area (TPSA) is 68.0 Å². The van der Waals surface area contributed by atoms with Gasteiger partial charge in [0.2, 0.25) is 0 Å². The summed E-state index contributed by atoms with van der Waals surface area (Å²) in [5.74, 6) is -0.567. The zero-order valence-corrected chi connectivity index (χ0v) is 10.3. The predicted molar refractivity (Wildman–Crippen MR) is 67.1 cm³/mol. The summed E-state index contributed by atoms with van der Waals surface area (Å²) in [6, 6.07) is 6.92. The Kier molecular flexibility index (Phi) is 3.20. The van der Waals surface area contributed by atoms with Gasteiger partial charge in [-0.3, -0.25) is 0 Å². The summed E-state index contributed by atoms with van der Waals surface area (Å²) in [5.41, 5.74) is 1.13. The van der Waals surface area contributed by atoms with Crippen LogP contribution in [0.2, 0.25) is 0 Å². The number of rotatable bonds is 4. The molecular weight excluding hydrogens is 266 g/mol. The molecule has 1 N–H and O–H groups in total. The van der Waals surface area contributed by atoms with E-state index < -0.39 is 11.6 Å². The van der Waals surface area contributed by atoms with Crippen molar-refractivity contribution in [1.29, 1.82) is 0 Å². The Morgan fingerprint density at radius 3 is 2.70 bits per heavy atom. The van der Waals surface area contributed by atoms with Crippen LogP contribution in [0.3, 0.4) is 0 Å². The quantitative estimate of drug-likeness (QED) is 0.781. The Morgan fingerprint density at radius 2 is 1.90 bits per heavy atom. The average molecular weight is 276 g/mol. The number of fused-ring (bicyclic) bond motifs is 1. The number of halogens is 2. The molecule has 0 aliphatic heterocycles. The lowest BCUT2D eigenvalue weighted by Crippen LogP contribution is -2.08. The van der Waals surface area contributed by atoms with E-state index in [0.29, 0.717) is 30.0 Å². The number of nitrogens with zero attached hydrogens (tertiary/aromatic N) is 5. The molecule has 0 bridgehead atoms. The predicted octanol–water partition coefficient (Wildman–Crippen LogP) is 1.45. The van der Waals surface area contributed by atoms with E-state index in [9.17, 15) is 8.78 Å². The molecule has 2 heterocycles. The van der Waals surface area contributed by atoms with Crippen LogP contribution in [0, 0.1) is 11.6 Å². The normalized spacial score (nSPS) is 10.9. The Bertz CT molecular complexity index is 721. The fourth-order valence-corrected chi connectivity index (χ4v) is 1.83. The van der Waals surface area contributed by atoms with E-state index in [2.05, 4.69) is 25.9 Å². The van der Waals surface area contributed by atoms with Crippen LogP contribution in [-0.2, 0) is 6.42 Å². The largest absolute Gasteiger partial charge is 0.368 e. The van der Waals surface area contributed by atoms with Crippen LogP contribution in [-0.4, -0.2) is 31.8 Å². The lowest BCUT2D eigenvalue weighted by atomic mass is 10.1. The third-order valence-corrected chi connectivity index (χ3v) is 2.71. The van der Waals surface area contributed by atoms with Crippen LogP contribution in [0.25, 0.3) is 5.65 Å². The van der Waals surface area contributed by atoms with E-state index in [4.69, 9.17) is 0 Å². The van der Waals surface area contributed by atoms with E-state index in [1.165, 1.54) is 16.8 Å². The first-order valence-electron chi connectivity index (χ1n) is 5.95. The first-order chi connectivity index (χ1) is 9.70. The zero-order chi connectivity index (χ0) is 13.9. The fraction of sp³-hybridized carbons (Fsp3) is 0.167. The highest BCUT2D eigenvalue weighted by Gasteiger charge is 2.02. The maximum absolute atomic E-state index is 13.0. The molecule has 3 rings (SSSR count). The maximum Gasteiger partial charge on any atom is 0.200 e. The van der Waals surface area contributed by atoms with Gasteiger partial charge in [-0.05, 0) is 46.7 Å². The van der Waals surface area contributed by atoms with Gasteiger partial charge in [0.25, 0.3) is 0 Å². The number of nitrogens with one attached hydrogen (secondary N) is 1. The SMILES string of the molecule is Fc1cc(F)cc(CCNc2ccc3nnnn3n2)c1. The molecule has 102 valence electrons. The van der Waals surface area contributed by atoms with Crippen molar-refractivity contribution < 1.29 is 8.78 Å². The minimum Gasteiger partial charge on any atom is -0.368 e. The first-order valence-corrected chi connectivity index (χ1v) is 5.95. The summed E-state index contributed by atoms with van der Waals surface area (Å²) >= 11 is 0. The van der Waals surface area contributed by atoms with Gasteiger partial charge in [-0.25, -0.2) is 8.78 Å². The van der Waals surface area contributed by atoms with Gasteiger partial charge in [0, 0.05) is 12.6 Å². The van der Waals surface area contributed by atoms with Gasteiger partial charge in [0.15, 0.2) is 5.65 Å². The molecule has 0 aliphatic rings. The summed E-state index contributed by atoms with van der Waals surface area (Å²) in [6.07, 6.45) is 0.476. The summed E-state index contributed by atoms with van der Waals surface area (Å²) in [5, 5.41) is 18.1. The molecule has 6 nitrogen and oxygen atoms in total. The summed E-state index contributed by atoms with van der Waals surface area (Å²) in [6.45, 7) is 0.490.